The molecule has 15 heteroatoms. The third-order valence-corrected chi connectivity index (χ3v) is 5.39. The van der Waals surface area contributed by atoms with E-state index in [-0.39, 0.29) is 6.10 Å². The summed E-state index contributed by atoms with van der Waals surface area (Å²) in [6.45, 7) is 4.41. The van der Waals surface area contributed by atoms with E-state index in [1.807, 2.05) is 31.2 Å². The lowest BCUT2D eigenvalue weighted by molar-refractivity contribution is -0.193. The smallest absolute Gasteiger partial charge is 0.477 e. The zero-order valence-corrected chi connectivity index (χ0v) is 19.9. The number of carboxylic acids is 2. The highest BCUT2D eigenvalue weighted by molar-refractivity contribution is 5.73. The monoisotopic (exact) mass is 553 g/mol. The van der Waals surface area contributed by atoms with Gasteiger partial charge in [0.2, 0.25) is 5.88 Å². The van der Waals surface area contributed by atoms with Gasteiger partial charge in [0, 0.05) is 24.5 Å². The highest BCUT2D eigenvalue weighted by atomic mass is 19.4. The molecule has 1 saturated heterocycles. The second-order valence-electron chi connectivity index (χ2n) is 8.23. The van der Waals surface area contributed by atoms with Gasteiger partial charge < -0.3 is 24.6 Å². The van der Waals surface area contributed by atoms with Crippen molar-refractivity contribution >= 4 is 17.8 Å². The standard InChI is InChI=1S/C19H23N3O2.2C2HF3O2/c1-14-5-4-6-18(21-14)22-9-10-23-17-12-15(11-16(17)22)13-24-19-7-2-3-8-20-19;2*3-2(4,5)1(6)7/h2-8,15-17H,9-13H2,1H3;2*(H,6,7). The molecule has 3 unspecified atom stereocenters. The van der Waals surface area contributed by atoms with Crippen LogP contribution in [0.1, 0.15) is 18.5 Å². The van der Waals surface area contributed by atoms with Crippen LogP contribution in [-0.2, 0) is 14.3 Å². The van der Waals surface area contributed by atoms with Gasteiger partial charge in [0.1, 0.15) is 5.82 Å². The molecule has 0 spiro atoms. The highest BCUT2D eigenvalue weighted by Crippen LogP contribution is 2.36. The first kappa shape index (κ1) is 30.6. The number of carboxylic acid groups (broad SMARTS) is 2. The van der Waals surface area contributed by atoms with Gasteiger partial charge in [0.15, 0.2) is 0 Å². The van der Waals surface area contributed by atoms with Crippen molar-refractivity contribution in [3.8, 4) is 5.88 Å². The van der Waals surface area contributed by atoms with E-state index in [0.717, 1.165) is 37.5 Å². The van der Waals surface area contributed by atoms with Gasteiger partial charge in [0.05, 0.1) is 25.4 Å². The largest absolute Gasteiger partial charge is 0.490 e. The molecule has 1 aliphatic heterocycles. The van der Waals surface area contributed by atoms with E-state index in [4.69, 9.17) is 34.3 Å². The molecule has 0 bridgehead atoms. The maximum atomic E-state index is 10.6. The van der Waals surface area contributed by atoms with Crippen LogP contribution in [0.25, 0.3) is 0 Å². The summed E-state index contributed by atoms with van der Waals surface area (Å²) in [7, 11) is 0. The lowest BCUT2D eigenvalue weighted by Gasteiger charge is -2.38. The van der Waals surface area contributed by atoms with Crippen LogP contribution in [0.3, 0.4) is 0 Å². The van der Waals surface area contributed by atoms with Crippen molar-refractivity contribution in [1.29, 1.82) is 0 Å². The maximum Gasteiger partial charge on any atom is 0.490 e. The van der Waals surface area contributed by atoms with Crippen molar-refractivity contribution in [2.75, 3.05) is 24.7 Å². The molecule has 0 radical (unpaired) electrons. The fraction of sp³-hybridized carbons (Fsp3) is 0.478. The second-order valence-corrected chi connectivity index (χ2v) is 8.23. The summed E-state index contributed by atoms with van der Waals surface area (Å²) in [4.78, 5) is 29.1. The summed E-state index contributed by atoms with van der Waals surface area (Å²) < 4.78 is 75.4. The average molecular weight is 553 g/mol. The number of hydrogen-bond acceptors (Lipinski definition) is 7. The Morgan fingerprint density at radius 1 is 1.03 bits per heavy atom. The van der Waals surface area contributed by atoms with Crippen molar-refractivity contribution in [2.45, 2.75) is 44.3 Å². The Hall–Kier alpha value is -3.62. The van der Waals surface area contributed by atoms with Crippen LogP contribution in [0, 0.1) is 12.8 Å². The Bertz CT molecular complexity index is 1030. The first-order chi connectivity index (χ1) is 17.7. The molecule has 3 heterocycles. The van der Waals surface area contributed by atoms with Crippen molar-refractivity contribution in [2.24, 2.45) is 5.92 Å². The van der Waals surface area contributed by atoms with Crippen molar-refractivity contribution in [3.05, 3.63) is 48.3 Å². The van der Waals surface area contributed by atoms with E-state index in [1.165, 1.54) is 0 Å². The zero-order valence-electron chi connectivity index (χ0n) is 19.9. The van der Waals surface area contributed by atoms with Crippen LogP contribution in [0.2, 0.25) is 0 Å². The summed E-state index contributed by atoms with van der Waals surface area (Å²) in [5.74, 6) is -3.25. The molecule has 2 fully saturated rings. The fourth-order valence-corrected chi connectivity index (χ4v) is 3.80. The molecular weight excluding hydrogens is 528 g/mol. The third-order valence-electron chi connectivity index (χ3n) is 5.39. The van der Waals surface area contributed by atoms with E-state index in [9.17, 15) is 26.3 Å². The fourth-order valence-electron chi connectivity index (χ4n) is 3.80. The minimum Gasteiger partial charge on any atom is -0.477 e. The van der Waals surface area contributed by atoms with Crippen molar-refractivity contribution < 1.29 is 55.6 Å². The number of ether oxygens (including phenoxy) is 2. The van der Waals surface area contributed by atoms with Gasteiger partial charge in [-0.25, -0.2) is 19.6 Å². The molecule has 9 nitrogen and oxygen atoms in total. The number of hydrogen-bond donors (Lipinski definition) is 2. The third kappa shape index (κ3) is 9.68. The molecule has 1 saturated carbocycles. The molecule has 2 N–H and O–H groups in total. The Labute approximate surface area is 213 Å². The number of rotatable bonds is 4. The number of pyridine rings is 2. The topological polar surface area (TPSA) is 122 Å². The summed E-state index contributed by atoms with van der Waals surface area (Å²) in [6.07, 6.45) is -6.01. The minimum absolute atomic E-state index is 0.276. The van der Waals surface area contributed by atoms with Crippen molar-refractivity contribution in [3.63, 3.8) is 0 Å². The highest BCUT2D eigenvalue weighted by Gasteiger charge is 2.42. The number of aromatic nitrogens is 2. The van der Waals surface area contributed by atoms with Gasteiger partial charge in [-0.15, -0.1) is 0 Å². The van der Waals surface area contributed by atoms with Gasteiger partial charge in [-0.3, -0.25) is 0 Å². The molecular formula is C23H25F6N3O6. The average Bonchev–Trinajstić information content (AvgIpc) is 3.26. The normalized spacial score (nSPS) is 20.7. The van der Waals surface area contributed by atoms with Gasteiger partial charge in [-0.2, -0.15) is 26.3 Å². The molecule has 0 amide bonds. The number of morpholine rings is 1. The van der Waals surface area contributed by atoms with Crippen LogP contribution < -0.4 is 9.64 Å². The number of alkyl halides is 6. The Kier molecular flexibility index (Phi) is 10.7. The predicted molar refractivity (Wildman–Crippen MR) is 120 cm³/mol. The van der Waals surface area contributed by atoms with Crippen LogP contribution >= 0.6 is 0 Å². The van der Waals surface area contributed by atoms with Gasteiger partial charge in [-0.05, 0) is 43.9 Å². The van der Waals surface area contributed by atoms with E-state index >= 15 is 0 Å². The van der Waals surface area contributed by atoms with Gasteiger partial charge >= 0.3 is 24.3 Å². The molecule has 2 aromatic heterocycles. The maximum absolute atomic E-state index is 10.6. The second kappa shape index (κ2) is 13.3. The molecule has 4 rings (SSSR count). The Balaban J connectivity index is 0.000000301. The lowest BCUT2D eigenvalue weighted by Crippen LogP contribution is -2.49. The van der Waals surface area contributed by atoms with E-state index in [1.54, 1.807) is 6.20 Å². The number of halogens is 6. The van der Waals surface area contributed by atoms with Crippen LogP contribution in [0.15, 0.2) is 42.6 Å². The summed E-state index contributed by atoms with van der Waals surface area (Å²) in [6, 6.07) is 12.4. The van der Waals surface area contributed by atoms with E-state index in [0.29, 0.717) is 24.4 Å². The molecule has 38 heavy (non-hydrogen) atoms. The summed E-state index contributed by atoms with van der Waals surface area (Å²) in [5.41, 5.74) is 1.06. The van der Waals surface area contributed by atoms with Crippen molar-refractivity contribution in [1.82, 2.24) is 9.97 Å². The van der Waals surface area contributed by atoms with Gasteiger partial charge in [-0.1, -0.05) is 12.1 Å². The summed E-state index contributed by atoms with van der Waals surface area (Å²) >= 11 is 0. The molecule has 0 aromatic carbocycles. The lowest BCUT2D eigenvalue weighted by atomic mass is 10.1. The van der Waals surface area contributed by atoms with Crippen LogP contribution in [-0.4, -0.2) is 76.4 Å². The molecule has 2 aromatic rings. The van der Waals surface area contributed by atoms with E-state index < -0.39 is 24.3 Å². The molecule has 210 valence electrons. The molecule has 1 aliphatic carbocycles. The number of anilines is 1. The van der Waals surface area contributed by atoms with Gasteiger partial charge in [0.25, 0.3) is 0 Å². The van der Waals surface area contributed by atoms with Crippen LogP contribution in [0.5, 0.6) is 5.88 Å². The Morgan fingerprint density at radius 3 is 2.18 bits per heavy atom. The quantitative estimate of drug-likeness (QED) is 0.539. The number of fused-ring (bicyclic) bond motifs is 1. The first-order valence-corrected chi connectivity index (χ1v) is 11.1. The predicted octanol–water partition coefficient (Wildman–Crippen LogP) is 4.11. The summed E-state index contributed by atoms with van der Waals surface area (Å²) in [5, 5.41) is 14.2. The molecule has 2 aliphatic rings. The van der Waals surface area contributed by atoms with E-state index in [2.05, 4.69) is 22.0 Å². The molecule has 3 atom stereocenters. The number of aliphatic carboxylic acids is 2. The minimum atomic E-state index is -5.08. The number of aryl methyl sites for hydroxylation is 1. The number of carbonyl (C=O) groups is 2. The SMILES string of the molecule is Cc1cccc(N2CCOC3CC(COc4ccccn4)CC32)n1.O=C(O)C(F)(F)F.O=C(O)C(F)(F)F. The first-order valence-electron chi connectivity index (χ1n) is 11.1. The zero-order chi connectivity index (χ0) is 28.5. The Morgan fingerprint density at radius 2 is 1.66 bits per heavy atom. The number of nitrogens with zero attached hydrogens (tertiary/aromatic N) is 3. The van der Waals surface area contributed by atoms with Crippen LogP contribution in [0.4, 0.5) is 32.2 Å².